The van der Waals surface area contributed by atoms with Crippen molar-refractivity contribution in [3.05, 3.63) is 22.3 Å². The fraction of sp³-hybridized carbons (Fsp3) is 0.455. The Kier molecular flexibility index (Phi) is 3.25. The standard InChI is InChI=1S/C11H14BrN3O/c1-7-3-10(16)15(7)11-8(5-13-2)4-9(12)6-14-11/h4,6-7,13H,3,5H2,1-2H3/t7-/m0/s1. The first-order chi connectivity index (χ1) is 7.63. The lowest BCUT2D eigenvalue weighted by Gasteiger charge is -2.38. The van der Waals surface area contributed by atoms with E-state index in [9.17, 15) is 4.79 Å². The summed E-state index contributed by atoms with van der Waals surface area (Å²) in [6.45, 7) is 2.74. The molecule has 0 bridgehead atoms. The first kappa shape index (κ1) is 11.5. The van der Waals surface area contributed by atoms with Crippen LogP contribution in [0.3, 0.4) is 0 Å². The molecule has 5 heteroatoms. The predicted octanol–water partition coefficient (Wildman–Crippen LogP) is 1.69. The zero-order valence-electron chi connectivity index (χ0n) is 9.33. The van der Waals surface area contributed by atoms with Crippen molar-refractivity contribution in [2.45, 2.75) is 25.9 Å². The lowest BCUT2D eigenvalue weighted by Crippen LogP contribution is -2.52. The molecule has 1 fully saturated rings. The summed E-state index contributed by atoms with van der Waals surface area (Å²) in [6, 6.07) is 2.26. The van der Waals surface area contributed by atoms with Crippen LogP contribution >= 0.6 is 15.9 Å². The van der Waals surface area contributed by atoms with E-state index in [0.29, 0.717) is 13.0 Å². The Balaban J connectivity index is 2.35. The van der Waals surface area contributed by atoms with E-state index in [0.717, 1.165) is 15.9 Å². The molecule has 0 spiro atoms. The average molecular weight is 284 g/mol. The van der Waals surface area contributed by atoms with Crippen LogP contribution < -0.4 is 10.2 Å². The van der Waals surface area contributed by atoms with E-state index in [4.69, 9.17) is 0 Å². The van der Waals surface area contributed by atoms with Gasteiger partial charge in [0.1, 0.15) is 5.82 Å². The third-order valence-corrected chi connectivity index (χ3v) is 3.12. The molecule has 0 unspecified atom stereocenters. The molecule has 4 nitrogen and oxygen atoms in total. The van der Waals surface area contributed by atoms with Crippen LogP contribution in [0.25, 0.3) is 0 Å². The maximum absolute atomic E-state index is 11.5. The van der Waals surface area contributed by atoms with Gasteiger partial charge >= 0.3 is 0 Å². The minimum Gasteiger partial charge on any atom is -0.316 e. The quantitative estimate of drug-likeness (QED) is 0.859. The summed E-state index contributed by atoms with van der Waals surface area (Å²) in [7, 11) is 1.88. The molecule has 1 aliphatic rings. The SMILES string of the molecule is CNCc1cc(Br)cnc1N1C(=O)C[C@@H]1C. The normalized spacial score (nSPS) is 19.8. The van der Waals surface area contributed by atoms with Gasteiger partial charge in [0.25, 0.3) is 0 Å². The average Bonchev–Trinajstić information content (AvgIpc) is 2.22. The van der Waals surface area contributed by atoms with E-state index in [1.54, 1.807) is 11.1 Å². The largest absolute Gasteiger partial charge is 0.316 e. The van der Waals surface area contributed by atoms with Gasteiger partial charge in [-0.1, -0.05) is 0 Å². The van der Waals surface area contributed by atoms with Gasteiger partial charge < -0.3 is 5.32 Å². The molecule has 1 aromatic heterocycles. The third-order valence-electron chi connectivity index (χ3n) is 2.68. The Morgan fingerprint density at radius 3 is 3.00 bits per heavy atom. The molecule has 0 radical (unpaired) electrons. The molecule has 0 aromatic carbocycles. The number of carbonyl (C=O) groups is 1. The molecule has 1 atom stereocenters. The van der Waals surface area contributed by atoms with Gasteiger partial charge in [-0.2, -0.15) is 0 Å². The Morgan fingerprint density at radius 2 is 2.44 bits per heavy atom. The molecular weight excluding hydrogens is 270 g/mol. The number of hydrogen-bond acceptors (Lipinski definition) is 3. The van der Waals surface area contributed by atoms with E-state index in [1.807, 2.05) is 20.0 Å². The van der Waals surface area contributed by atoms with Crippen molar-refractivity contribution in [2.24, 2.45) is 0 Å². The molecule has 0 saturated carbocycles. The molecular formula is C11H14BrN3O. The Hall–Kier alpha value is -0.940. The van der Waals surface area contributed by atoms with Crippen LogP contribution in [0.4, 0.5) is 5.82 Å². The molecule has 86 valence electrons. The number of halogens is 1. The fourth-order valence-electron chi connectivity index (χ4n) is 1.91. The van der Waals surface area contributed by atoms with E-state index >= 15 is 0 Å². The molecule has 1 aliphatic heterocycles. The number of pyridine rings is 1. The van der Waals surface area contributed by atoms with Crippen molar-refractivity contribution in [1.82, 2.24) is 10.3 Å². The molecule has 1 aromatic rings. The van der Waals surface area contributed by atoms with Gasteiger partial charge in [0.05, 0.1) is 0 Å². The highest BCUT2D eigenvalue weighted by Crippen LogP contribution is 2.30. The van der Waals surface area contributed by atoms with Crippen molar-refractivity contribution >= 4 is 27.7 Å². The highest BCUT2D eigenvalue weighted by Gasteiger charge is 2.35. The molecule has 2 rings (SSSR count). The molecule has 0 aliphatic carbocycles. The minimum absolute atomic E-state index is 0.152. The summed E-state index contributed by atoms with van der Waals surface area (Å²) < 4.78 is 0.933. The number of hydrogen-bond donors (Lipinski definition) is 1. The van der Waals surface area contributed by atoms with Crippen LogP contribution in [-0.4, -0.2) is 24.0 Å². The number of aromatic nitrogens is 1. The van der Waals surface area contributed by atoms with Gasteiger partial charge in [-0.15, -0.1) is 0 Å². The number of β-lactam (4-membered cyclic amide) rings is 1. The highest BCUT2D eigenvalue weighted by atomic mass is 79.9. The smallest absolute Gasteiger partial charge is 0.230 e. The van der Waals surface area contributed by atoms with Crippen LogP contribution in [0.15, 0.2) is 16.7 Å². The molecule has 1 saturated heterocycles. The summed E-state index contributed by atoms with van der Waals surface area (Å²) in [5.74, 6) is 0.931. The zero-order valence-corrected chi connectivity index (χ0v) is 10.9. The number of carbonyl (C=O) groups excluding carboxylic acids is 1. The lowest BCUT2D eigenvalue weighted by atomic mass is 10.0. The maximum atomic E-state index is 11.5. The van der Waals surface area contributed by atoms with E-state index in [-0.39, 0.29) is 11.9 Å². The van der Waals surface area contributed by atoms with Gasteiger partial charge in [-0.3, -0.25) is 9.69 Å². The van der Waals surface area contributed by atoms with Gasteiger partial charge in [0.2, 0.25) is 5.91 Å². The van der Waals surface area contributed by atoms with Crippen molar-refractivity contribution < 1.29 is 4.79 Å². The van der Waals surface area contributed by atoms with Crippen LogP contribution in [-0.2, 0) is 11.3 Å². The Bertz CT molecular complexity index is 422. The van der Waals surface area contributed by atoms with E-state index in [1.165, 1.54) is 0 Å². The van der Waals surface area contributed by atoms with E-state index < -0.39 is 0 Å². The monoisotopic (exact) mass is 283 g/mol. The van der Waals surface area contributed by atoms with E-state index in [2.05, 4.69) is 26.2 Å². The molecule has 1 N–H and O–H groups in total. The minimum atomic E-state index is 0.152. The summed E-state index contributed by atoms with van der Waals surface area (Å²) in [6.07, 6.45) is 2.35. The molecule has 2 heterocycles. The molecule has 16 heavy (non-hydrogen) atoms. The first-order valence-corrected chi connectivity index (χ1v) is 6.04. The second-order valence-electron chi connectivity index (χ2n) is 3.98. The number of nitrogens with one attached hydrogen (secondary N) is 1. The van der Waals surface area contributed by atoms with Crippen LogP contribution in [0.2, 0.25) is 0 Å². The summed E-state index contributed by atoms with van der Waals surface area (Å²) >= 11 is 3.39. The van der Waals surface area contributed by atoms with Crippen LogP contribution in [0.1, 0.15) is 18.9 Å². The van der Waals surface area contributed by atoms with Crippen LogP contribution in [0.5, 0.6) is 0 Å². The highest BCUT2D eigenvalue weighted by molar-refractivity contribution is 9.10. The van der Waals surface area contributed by atoms with Crippen molar-refractivity contribution in [1.29, 1.82) is 0 Å². The van der Waals surface area contributed by atoms with Crippen LogP contribution in [0, 0.1) is 0 Å². The number of anilines is 1. The zero-order chi connectivity index (χ0) is 11.7. The van der Waals surface area contributed by atoms with Gasteiger partial charge in [0, 0.05) is 35.2 Å². The first-order valence-electron chi connectivity index (χ1n) is 5.24. The maximum Gasteiger partial charge on any atom is 0.230 e. The van der Waals surface area contributed by atoms with Crippen molar-refractivity contribution in [2.75, 3.05) is 11.9 Å². The summed E-state index contributed by atoms with van der Waals surface area (Å²) in [4.78, 5) is 17.6. The molecule has 1 amide bonds. The third kappa shape index (κ3) is 1.97. The predicted molar refractivity (Wildman–Crippen MR) is 66.3 cm³/mol. The van der Waals surface area contributed by atoms with Gasteiger partial charge in [-0.25, -0.2) is 4.98 Å². The number of amides is 1. The Labute approximate surface area is 103 Å². The number of rotatable bonds is 3. The Morgan fingerprint density at radius 1 is 1.69 bits per heavy atom. The summed E-state index contributed by atoms with van der Waals surface area (Å²) in [5.41, 5.74) is 1.04. The van der Waals surface area contributed by atoms with Gasteiger partial charge in [0.15, 0.2) is 0 Å². The fourth-order valence-corrected chi connectivity index (χ4v) is 2.29. The second kappa shape index (κ2) is 4.51. The van der Waals surface area contributed by atoms with Gasteiger partial charge in [-0.05, 0) is 36.0 Å². The van der Waals surface area contributed by atoms with Crippen molar-refractivity contribution in [3.63, 3.8) is 0 Å². The topological polar surface area (TPSA) is 45.2 Å². The second-order valence-corrected chi connectivity index (χ2v) is 4.90. The van der Waals surface area contributed by atoms with Crippen molar-refractivity contribution in [3.8, 4) is 0 Å². The summed E-state index contributed by atoms with van der Waals surface area (Å²) in [5, 5.41) is 3.09. The number of nitrogens with zero attached hydrogens (tertiary/aromatic N) is 2. The lowest BCUT2D eigenvalue weighted by molar-refractivity contribution is -0.123.